The number of benzene rings is 3. The molecule has 1 fully saturated rings. The van der Waals surface area contributed by atoms with Gasteiger partial charge in [0.25, 0.3) is 0 Å². The maximum absolute atomic E-state index is 12.9. The van der Waals surface area contributed by atoms with Crippen LogP contribution in [0, 0.1) is 0 Å². The lowest BCUT2D eigenvalue weighted by molar-refractivity contribution is -0.130. The molecule has 6 nitrogen and oxygen atoms in total. The lowest BCUT2D eigenvalue weighted by Gasteiger charge is -2.22. The first-order chi connectivity index (χ1) is 17.2. The molecule has 1 N–H and O–H groups in total. The number of carbonyl (C=O) groups is 2. The van der Waals surface area contributed by atoms with Crippen molar-refractivity contribution in [2.24, 2.45) is 0 Å². The third-order valence-corrected chi connectivity index (χ3v) is 6.17. The van der Waals surface area contributed by atoms with Crippen LogP contribution < -0.4 is 10.1 Å². The average molecular weight is 472 g/mol. The Bertz CT molecular complexity index is 1070. The average Bonchev–Trinajstić information content (AvgIpc) is 3.14. The summed E-state index contributed by atoms with van der Waals surface area (Å²) in [5.41, 5.74) is 3.18. The maximum atomic E-state index is 12.9. The van der Waals surface area contributed by atoms with E-state index in [0.717, 1.165) is 42.0 Å². The number of amides is 2. The van der Waals surface area contributed by atoms with Crippen LogP contribution in [0.3, 0.4) is 0 Å². The van der Waals surface area contributed by atoms with Crippen molar-refractivity contribution in [2.75, 3.05) is 32.7 Å². The second-order valence-electron chi connectivity index (χ2n) is 8.87. The first kappa shape index (κ1) is 24.5. The van der Waals surface area contributed by atoms with Gasteiger partial charge in [-0.3, -0.25) is 14.5 Å². The lowest BCUT2D eigenvalue weighted by Crippen LogP contribution is -2.40. The van der Waals surface area contributed by atoms with Crippen LogP contribution in [0.1, 0.15) is 23.1 Å². The third kappa shape index (κ3) is 7.97. The molecular formula is C29H33N3O3. The van der Waals surface area contributed by atoms with E-state index in [9.17, 15) is 9.59 Å². The minimum absolute atomic E-state index is 0.0169. The molecule has 6 heteroatoms. The smallest absolute Gasteiger partial charge is 0.234 e. The van der Waals surface area contributed by atoms with Gasteiger partial charge in [-0.05, 0) is 35.2 Å². The Morgan fingerprint density at radius 1 is 0.743 bits per heavy atom. The van der Waals surface area contributed by atoms with E-state index in [1.54, 1.807) is 0 Å². The van der Waals surface area contributed by atoms with Crippen LogP contribution in [-0.4, -0.2) is 54.3 Å². The summed E-state index contributed by atoms with van der Waals surface area (Å²) in [6.45, 7) is 4.30. The van der Waals surface area contributed by atoms with E-state index in [2.05, 4.69) is 10.2 Å². The molecule has 182 valence electrons. The van der Waals surface area contributed by atoms with Gasteiger partial charge in [0.1, 0.15) is 12.4 Å². The van der Waals surface area contributed by atoms with Crippen LogP contribution in [0.4, 0.5) is 0 Å². The van der Waals surface area contributed by atoms with Crippen molar-refractivity contribution in [3.8, 4) is 5.75 Å². The summed E-state index contributed by atoms with van der Waals surface area (Å²) < 4.78 is 5.84. The van der Waals surface area contributed by atoms with E-state index in [0.29, 0.717) is 39.2 Å². The Labute approximate surface area is 207 Å². The van der Waals surface area contributed by atoms with Gasteiger partial charge in [0.2, 0.25) is 11.8 Å². The minimum atomic E-state index is 0.0169. The Kier molecular flexibility index (Phi) is 8.90. The fraction of sp³-hybridized carbons (Fsp3) is 0.310. The van der Waals surface area contributed by atoms with Crippen LogP contribution in [0.15, 0.2) is 84.9 Å². The summed E-state index contributed by atoms with van der Waals surface area (Å²) in [6.07, 6.45) is 1.24. The van der Waals surface area contributed by atoms with E-state index >= 15 is 0 Å². The predicted molar refractivity (Wildman–Crippen MR) is 137 cm³/mol. The van der Waals surface area contributed by atoms with E-state index in [1.165, 1.54) is 0 Å². The molecule has 0 unspecified atom stereocenters. The summed E-state index contributed by atoms with van der Waals surface area (Å²) in [7, 11) is 0. The molecule has 35 heavy (non-hydrogen) atoms. The number of ether oxygens (including phenoxy) is 1. The van der Waals surface area contributed by atoms with Crippen molar-refractivity contribution in [3.63, 3.8) is 0 Å². The topological polar surface area (TPSA) is 61.9 Å². The number of hydrogen-bond donors (Lipinski definition) is 1. The summed E-state index contributed by atoms with van der Waals surface area (Å²) >= 11 is 0. The van der Waals surface area contributed by atoms with Crippen LogP contribution in [0.5, 0.6) is 5.75 Å². The molecule has 3 aromatic carbocycles. The maximum Gasteiger partial charge on any atom is 0.234 e. The minimum Gasteiger partial charge on any atom is -0.489 e. The zero-order valence-electron chi connectivity index (χ0n) is 20.1. The number of nitrogens with zero attached hydrogens (tertiary/aromatic N) is 2. The number of hydrogen-bond acceptors (Lipinski definition) is 4. The number of rotatable bonds is 9. The molecule has 3 aromatic rings. The van der Waals surface area contributed by atoms with Crippen molar-refractivity contribution < 1.29 is 14.3 Å². The highest BCUT2D eigenvalue weighted by atomic mass is 16.5. The van der Waals surface area contributed by atoms with Gasteiger partial charge in [0.15, 0.2) is 0 Å². The van der Waals surface area contributed by atoms with Gasteiger partial charge in [-0.1, -0.05) is 72.8 Å². The van der Waals surface area contributed by atoms with Gasteiger partial charge in [-0.15, -0.1) is 0 Å². The van der Waals surface area contributed by atoms with Crippen molar-refractivity contribution in [1.82, 2.24) is 15.1 Å². The molecule has 0 saturated carbocycles. The van der Waals surface area contributed by atoms with E-state index in [4.69, 9.17) is 4.74 Å². The molecule has 2 amide bonds. The van der Waals surface area contributed by atoms with Crippen molar-refractivity contribution in [2.45, 2.75) is 26.0 Å². The van der Waals surface area contributed by atoms with Crippen molar-refractivity contribution >= 4 is 11.8 Å². The summed E-state index contributed by atoms with van der Waals surface area (Å²) in [5, 5.41) is 2.98. The fourth-order valence-electron chi connectivity index (χ4n) is 4.16. The Balaban J connectivity index is 1.19. The SMILES string of the molecule is O=C(CN1CCCN(C(=O)Cc2ccc(OCc3ccccc3)cc2)CC1)NCc1ccccc1. The first-order valence-electron chi connectivity index (χ1n) is 12.2. The quantitative estimate of drug-likeness (QED) is 0.518. The van der Waals surface area contributed by atoms with E-state index in [1.807, 2.05) is 89.8 Å². The summed E-state index contributed by atoms with van der Waals surface area (Å²) in [6, 6.07) is 27.7. The Morgan fingerprint density at radius 3 is 2.14 bits per heavy atom. The van der Waals surface area contributed by atoms with E-state index < -0.39 is 0 Å². The molecule has 1 aliphatic rings. The van der Waals surface area contributed by atoms with Gasteiger partial charge in [-0.25, -0.2) is 0 Å². The monoisotopic (exact) mass is 471 g/mol. The second-order valence-corrected chi connectivity index (χ2v) is 8.87. The van der Waals surface area contributed by atoms with Crippen molar-refractivity contribution in [1.29, 1.82) is 0 Å². The highest BCUT2D eigenvalue weighted by molar-refractivity contribution is 5.79. The highest BCUT2D eigenvalue weighted by Gasteiger charge is 2.20. The van der Waals surface area contributed by atoms with Gasteiger partial charge >= 0.3 is 0 Å². The molecule has 4 rings (SSSR count). The molecule has 1 heterocycles. The standard InChI is InChI=1S/C29H33N3O3/c33-28(30-21-25-8-3-1-4-9-25)22-31-16-7-17-32(19-18-31)29(34)20-24-12-14-27(15-13-24)35-23-26-10-5-2-6-11-26/h1-6,8-15H,7,16-23H2,(H,30,33). The van der Waals surface area contributed by atoms with Gasteiger partial charge in [0.05, 0.1) is 13.0 Å². The van der Waals surface area contributed by atoms with Gasteiger partial charge < -0.3 is 15.0 Å². The van der Waals surface area contributed by atoms with Crippen LogP contribution in [-0.2, 0) is 29.2 Å². The highest BCUT2D eigenvalue weighted by Crippen LogP contribution is 2.16. The molecule has 0 spiro atoms. The van der Waals surface area contributed by atoms with Gasteiger partial charge in [-0.2, -0.15) is 0 Å². The molecule has 1 aliphatic heterocycles. The summed E-state index contributed by atoms with van der Waals surface area (Å²) in [5.74, 6) is 0.933. The molecule has 0 radical (unpaired) electrons. The summed E-state index contributed by atoms with van der Waals surface area (Å²) in [4.78, 5) is 29.3. The predicted octanol–water partition coefficient (Wildman–Crippen LogP) is 3.66. The van der Waals surface area contributed by atoms with Crippen LogP contribution in [0.2, 0.25) is 0 Å². The lowest BCUT2D eigenvalue weighted by atomic mass is 10.1. The molecule has 0 atom stereocenters. The molecular weight excluding hydrogens is 438 g/mol. The Hall–Kier alpha value is -3.64. The molecule has 1 saturated heterocycles. The third-order valence-electron chi connectivity index (χ3n) is 6.17. The fourth-order valence-corrected chi connectivity index (χ4v) is 4.16. The van der Waals surface area contributed by atoms with Crippen LogP contribution in [0.25, 0.3) is 0 Å². The molecule has 0 aliphatic carbocycles. The number of nitrogens with one attached hydrogen (secondary N) is 1. The Morgan fingerprint density at radius 2 is 1.43 bits per heavy atom. The largest absolute Gasteiger partial charge is 0.489 e. The first-order valence-corrected chi connectivity index (χ1v) is 12.2. The molecule has 0 aromatic heterocycles. The van der Waals surface area contributed by atoms with Crippen LogP contribution >= 0.6 is 0 Å². The second kappa shape index (κ2) is 12.7. The zero-order chi connectivity index (χ0) is 24.3. The zero-order valence-corrected chi connectivity index (χ0v) is 20.1. The van der Waals surface area contributed by atoms with Gasteiger partial charge in [0, 0.05) is 32.7 Å². The normalized spacial score (nSPS) is 14.2. The van der Waals surface area contributed by atoms with E-state index in [-0.39, 0.29) is 11.8 Å². The molecule has 0 bridgehead atoms. The van der Waals surface area contributed by atoms with Crippen molar-refractivity contribution in [3.05, 3.63) is 102 Å². The number of carbonyl (C=O) groups excluding carboxylic acids is 2.